The number of ether oxygens (including phenoxy) is 2. The molecule has 0 aliphatic heterocycles. The van der Waals surface area contributed by atoms with E-state index in [-0.39, 0.29) is 17.7 Å². The molecule has 3 rings (SSSR count). The van der Waals surface area contributed by atoms with Crippen molar-refractivity contribution in [3.8, 4) is 28.4 Å². The second kappa shape index (κ2) is 7.72. The van der Waals surface area contributed by atoms with Gasteiger partial charge in [-0.2, -0.15) is 4.98 Å². The van der Waals surface area contributed by atoms with Crippen LogP contribution in [0.25, 0.3) is 11.1 Å². The molecule has 7 heteroatoms. The normalized spacial score (nSPS) is 10.9. The maximum absolute atomic E-state index is 6.05. The fourth-order valence-corrected chi connectivity index (χ4v) is 2.86. The zero-order valence-electron chi connectivity index (χ0n) is 15.4. The Balaban J connectivity index is 2.13. The van der Waals surface area contributed by atoms with Crippen molar-refractivity contribution in [1.82, 2.24) is 9.97 Å². The monoisotopic (exact) mass is 384 g/mol. The van der Waals surface area contributed by atoms with E-state index in [9.17, 15) is 0 Å². The maximum atomic E-state index is 6.05. The molecule has 4 N–H and O–H groups in total. The lowest BCUT2D eigenvalue weighted by molar-refractivity contribution is 0.412. The first-order chi connectivity index (χ1) is 12.9. The Morgan fingerprint density at radius 1 is 1.00 bits per heavy atom. The molecule has 0 aliphatic rings. The Morgan fingerprint density at radius 2 is 1.70 bits per heavy atom. The highest BCUT2D eigenvalue weighted by Gasteiger charge is 2.17. The van der Waals surface area contributed by atoms with E-state index in [1.54, 1.807) is 7.11 Å². The molecule has 0 saturated heterocycles. The number of nitrogens with two attached hydrogens (primary N) is 2. The van der Waals surface area contributed by atoms with Crippen molar-refractivity contribution in [3.63, 3.8) is 0 Å². The summed E-state index contributed by atoms with van der Waals surface area (Å²) in [5.74, 6) is 2.22. The summed E-state index contributed by atoms with van der Waals surface area (Å²) in [6.07, 6.45) is 1.47. The van der Waals surface area contributed by atoms with Crippen molar-refractivity contribution in [1.29, 1.82) is 0 Å². The molecule has 2 aromatic carbocycles. The fraction of sp³-hybridized carbons (Fsp3) is 0.200. The van der Waals surface area contributed by atoms with Crippen molar-refractivity contribution in [2.75, 3.05) is 18.6 Å². The van der Waals surface area contributed by atoms with Gasteiger partial charge in [0.15, 0.2) is 11.6 Å². The van der Waals surface area contributed by atoms with Gasteiger partial charge in [0.2, 0.25) is 5.95 Å². The Morgan fingerprint density at radius 3 is 2.30 bits per heavy atom. The highest BCUT2D eigenvalue weighted by molar-refractivity contribution is 6.30. The molecule has 0 fully saturated rings. The summed E-state index contributed by atoms with van der Waals surface area (Å²) in [7, 11) is 1.64. The molecular weight excluding hydrogens is 364 g/mol. The summed E-state index contributed by atoms with van der Waals surface area (Å²) < 4.78 is 11.7. The third kappa shape index (κ3) is 4.06. The van der Waals surface area contributed by atoms with Crippen molar-refractivity contribution in [3.05, 3.63) is 53.2 Å². The van der Waals surface area contributed by atoms with Crippen LogP contribution in [0.1, 0.15) is 25.3 Å². The second-order valence-corrected chi connectivity index (χ2v) is 6.77. The molecule has 0 bridgehead atoms. The largest absolute Gasteiger partial charge is 0.496 e. The molecule has 27 heavy (non-hydrogen) atoms. The summed E-state index contributed by atoms with van der Waals surface area (Å²) in [6.45, 7) is 4.15. The average Bonchev–Trinajstić information content (AvgIpc) is 2.64. The van der Waals surface area contributed by atoms with Gasteiger partial charge in [-0.3, -0.25) is 0 Å². The summed E-state index contributed by atoms with van der Waals surface area (Å²) in [4.78, 5) is 7.91. The van der Waals surface area contributed by atoms with Gasteiger partial charge < -0.3 is 20.9 Å². The quantitative estimate of drug-likeness (QED) is 0.650. The molecular formula is C20H21ClN4O2. The first kappa shape index (κ1) is 18.8. The number of hydrogen-bond acceptors (Lipinski definition) is 6. The molecule has 1 heterocycles. The van der Waals surface area contributed by atoms with E-state index in [4.69, 9.17) is 32.5 Å². The Kier molecular flexibility index (Phi) is 5.37. The number of nitrogens with zero attached hydrogens (tertiary/aromatic N) is 2. The van der Waals surface area contributed by atoms with Gasteiger partial charge in [-0.25, -0.2) is 4.98 Å². The molecule has 0 spiro atoms. The Labute approximate surface area is 163 Å². The minimum Gasteiger partial charge on any atom is -0.496 e. The molecule has 0 saturated carbocycles. The van der Waals surface area contributed by atoms with Crippen LogP contribution in [0.4, 0.5) is 11.8 Å². The van der Waals surface area contributed by atoms with Gasteiger partial charge in [0.05, 0.1) is 13.3 Å². The lowest BCUT2D eigenvalue weighted by Crippen LogP contribution is -2.03. The molecule has 3 aromatic rings. The third-order valence-electron chi connectivity index (χ3n) is 4.13. The van der Waals surface area contributed by atoms with Gasteiger partial charge in [-0.05, 0) is 35.7 Å². The van der Waals surface area contributed by atoms with Crippen molar-refractivity contribution in [2.45, 2.75) is 19.8 Å². The molecule has 0 atom stereocenters. The van der Waals surface area contributed by atoms with Crippen molar-refractivity contribution in [2.24, 2.45) is 0 Å². The molecule has 0 amide bonds. The number of hydrogen-bond donors (Lipinski definition) is 2. The molecule has 140 valence electrons. The van der Waals surface area contributed by atoms with E-state index in [1.165, 1.54) is 6.20 Å². The molecule has 0 radical (unpaired) electrons. The Bertz CT molecular complexity index is 959. The summed E-state index contributed by atoms with van der Waals surface area (Å²) in [5, 5.41) is 0.666. The van der Waals surface area contributed by atoms with Crippen LogP contribution in [-0.2, 0) is 0 Å². The predicted molar refractivity (Wildman–Crippen MR) is 108 cm³/mol. The number of benzene rings is 2. The van der Waals surface area contributed by atoms with Crippen LogP contribution in [0.5, 0.6) is 17.2 Å². The summed E-state index contributed by atoms with van der Waals surface area (Å²) in [5.41, 5.74) is 14.3. The minimum absolute atomic E-state index is 0.0977. The number of nitrogen functional groups attached to an aromatic ring is 2. The van der Waals surface area contributed by atoms with Gasteiger partial charge in [0, 0.05) is 16.1 Å². The van der Waals surface area contributed by atoms with Crippen molar-refractivity contribution >= 4 is 23.4 Å². The topological polar surface area (TPSA) is 96.3 Å². The van der Waals surface area contributed by atoms with E-state index in [1.807, 2.05) is 36.4 Å². The van der Waals surface area contributed by atoms with E-state index in [2.05, 4.69) is 23.8 Å². The summed E-state index contributed by atoms with van der Waals surface area (Å²) >= 11 is 6.01. The van der Waals surface area contributed by atoms with E-state index >= 15 is 0 Å². The van der Waals surface area contributed by atoms with Gasteiger partial charge in [-0.15, -0.1) is 0 Å². The van der Waals surface area contributed by atoms with Crippen LogP contribution >= 0.6 is 11.6 Å². The number of aromatic nitrogens is 2. The van der Waals surface area contributed by atoms with Crippen molar-refractivity contribution < 1.29 is 9.47 Å². The number of rotatable bonds is 5. The molecule has 0 unspecified atom stereocenters. The maximum Gasteiger partial charge on any atom is 0.222 e. The SMILES string of the molecule is COc1cc(C(C)C)c(Oc2cnc(N)nc2N)cc1-c1ccc(Cl)cc1. The number of halogens is 1. The van der Waals surface area contributed by atoms with Gasteiger partial charge in [0.25, 0.3) is 0 Å². The van der Waals surface area contributed by atoms with Crippen LogP contribution in [-0.4, -0.2) is 17.1 Å². The second-order valence-electron chi connectivity index (χ2n) is 6.33. The average molecular weight is 385 g/mol. The highest BCUT2D eigenvalue weighted by Crippen LogP contribution is 2.41. The first-order valence-electron chi connectivity index (χ1n) is 8.42. The van der Waals surface area contributed by atoms with Gasteiger partial charge >= 0.3 is 0 Å². The predicted octanol–water partition coefficient (Wildman–Crippen LogP) is 4.89. The molecule has 6 nitrogen and oxygen atoms in total. The smallest absolute Gasteiger partial charge is 0.222 e. The lowest BCUT2D eigenvalue weighted by Gasteiger charge is -2.19. The Hall–Kier alpha value is -2.99. The summed E-state index contributed by atoms with van der Waals surface area (Å²) in [6, 6.07) is 11.4. The minimum atomic E-state index is 0.0977. The van der Waals surface area contributed by atoms with Gasteiger partial charge in [0.1, 0.15) is 11.5 Å². The van der Waals surface area contributed by atoms with Crippen LogP contribution in [0, 0.1) is 0 Å². The molecule has 1 aromatic heterocycles. The third-order valence-corrected chi connectivity index (χ3v) is 4.38. The van der Waals surface area contributed by atoms with Crippen LogP contribution < -0.4 is 20.9 Å². The van der Waals surface area contributed by atoms with Crippen LogP contribution in [0.2, 0.25) is 5.02 Å². The van der Waals surface area contributed by atoms with Gasteiger partial charge in [-0.1, -0.05) is 37.6 Å². The van der Waals surface area contributed by atoms with Crippen LogP contribution in [0.3, 0.4) is 0 Å². The molecule has 0 aliphatic carbocycles. The van der Waals surface area contributed by atoms with E-state index < -0.39 is 0 Å². The van der Waals surface area contributed by atoms with Crippen LogP contribution in [0.15, 0.2) is 42.6 Å². The highest BCUT2D eigenvalue weighted by atomic mass is 35.5. The number of anilines is 2. The zero-order valence-corrected chi connectivity index (χ0v) is 16.1. The first-order valence-corrected chi connectivity index (χ1v) is 8.80. The zero-order chi connectivity index (χ0) is 19.6. The van der Waals surface area contributed by atoms with E-state index in [0.717, 1.165) is 22.4 Å². The standard InChI is InChI=1S/C20H21ClN4O2/c1-11(2)14-8-16(26-3)15(12-4-6-13(21)7-5-12)9-17(14)27-18-10-24-20(23)25-19(18)22/h4-11H,1-3H3,(H4,22,23,24,25). The number of methoxy groups -OCH3 is 1. The van der Waals surface area contributed by atoms with E-state index in [0.29, 0.717) is 16.5 Å². The fourth-order valence-electron chi connectivity index (χ4n) is 2.73. The lowest BCUT2D eigenvalue weighted by atomic mass is 9.96.